The average molecular weight is 636 g/mol. The molecule has 0 spiro atoms. The first kappa shape index (κ1) is 28.8. The van der Waals surface area contributed by atoms with Crippen LogP contribution in [0, 0.1) is 29.2 Å². The van der Waals surface area contributed by atoms with E-state index in [0.717, 1.165) is 77.2 Å². The molecule has 230 valence electrons. The van der Waals surface area contributed by atoms with Crippen LogP contribution in [0.1, 0.15) is 11.1 Å². The van der Waals surface area contributed by atoms with E-state index in [9.17, 15) is 10.5 Å². The van der Waals surface area contributed by atoms with Crippen LogP contribution >= 0.6 is 0 Å². The molecule has 2 heterocycles. The van der Waals surface area contributed by atoms with Gasteiger partial charge in [-0.25, -0.2) is 4.85 Å². The van der Waals surface area contributed by atoms with Crippen LogP contribution in [0.3, 0.4) is 0 Å². The zero-order valence-corrected chi connectivity index (χ0v) is 26.7. The second-order valence-electron chi connectivity index (χ2n) is 12.3. The van der Waals surface area contributed by atoms with Gasteiger partial charge in [-0.2, -0.15) is 10.5 Å². The normalized spacial score (nSPS) is 11.1. The van der Waals surface area contributed by atoms with E-state index in [0.29, 0.717) is 16.8 Å². The maximum absolute atomic E-state index is 9.96. The fraction of sp³-hybridized carbons (Fsp3) is 0. The first-order valence-corrected chi connectivity index (χ1v) is 16.3. The fourth-order valence-electron chi connectivity index (χ4n) is 7.35. The summed E-state index contributed by atoms with van der Waals surface area (Å²) in [5, 5.41) is 23.9. The molecular formula is C45H25N5. The SMILES string of the molecule is [C-]#[N+]c1ccc(-c2ccc(-n3c4ccccc4c4cc(C#N)ccc43)cc2)cc1-c1cc(C#N)ccc1-n1c2ccccc2c2ccccc21. The number of para-hydroxylation sites is 3. The van der Waals surface area contributed by atoms with E-state index in [1.807, 2.05) is 72.8 Å². The smallest absolute Gasteiger partial charge is 0.195 e. The highest BCUT2D eigenvalue weighted by Gasteiger charge is 2.19. The van der Waals surface area contributed by atoms with Crippen LogP contribution in [0.15, 0.2) is 152 Å². The summed E-state index contributed by atoms with van der Waals surface area (Å²) in [6.07, 6.45) is 0. The third kappa shape index (κ3) is 4.38. The number of rotatable bonds is 4. The molecule has 0 unspecified atom stereocenters. The van der Waals surface area contributed by atoms with Crippen molar-refractivity contribution in [1.29, 1.82) is 10.5 Å². The van der Waals surface area contributed by atoms with Gasteiger partial charge in [0.15, 0.2) is 5.69 Å². The topological polar surface area (TPSA) is 61.8 Å². The summed E-state index contributed by atoms with van der Waals surface area (Å²) in [6.45, 7) is 8.11. The molecule has 50 heavy (non-hydrogen) atoms. The van der Waals surface area contributed by atoms with Crippen LogP contribution in [0.5, 0.6) is 0 Å². The van der Waals surface area contributed by atoms with E-state index in [4.69, 9.17) is 6.57 Å². The van der Waals surface area contributed by atoms with Crippen molar-refractivity contribution in [3.05, 3.63) is 174 Å². The van der Waals surface area contributed by atoms with Crippen molar-refractivity contribution in [3.63, 3.8) is 0 Å². The van der Waals surface area contributed by atoms with Crippen LogP contribution in [0.2, 0.25) is 0 Å². The Labute approximate surface area is 288 Å². The van der Waals surface area contributed by atoms with Crippen LogP contribution in [-0.4, -0.2) is 9.13 Å². The number of nitriles is 2. The van der Waals surface area contributed by atoms with Crippen LogP contribution in [-0.2, 0) is 0 Å². The third-order valence-electron chi connectivity index (χ3n) is 9.61. The molecule has 0 N–H and O–H groups in total. The van der Waals surface area contributed by atoms with Gasteiger partial charge in [0.25, 0.3) is 0 Å². The van der Waals surface area contributed by atoms with E-state index in [1.54, 1.807) is 0 Å². The van der Waals surface area contributed by atoms with Crippen LogP contribution in [0.25, 0.3) is 82.1 Å². The minimum atomic E-state index is 0.518. The van der Waals surface area contributed by atoms with Gasteiger partial charge in [0.2, 0.25) is 0 Å². The first-order valence-electron chi connectivity index (χ1n) is 16.3. The Morgan fingerprint density at radius 1 is 0.460 bits per heavy atom. The van der Waals surface area contributed by atoms with Crippen molar-refractivity contribution in [2.75, 3.05) is 0 Å². The quantitative estimate of drug-likeness (QED) is 0.181. The van der Waals surface area contributed by atoms with Gasteiger partial charge in [0.1, 0.15) is 0 Å². The van der Waals surface area contributed by atoms with Gasteiger partial charge in [0, 0.05) is 27.2 Å². The van der Waals surface area contributed by atoms with E-state index in [-0.39, 0.29) is 0 Å². The lowest BCUT2D eigenvalue weighted by molar-refractivity contribution is 1.18. The van der Waals surface area contributed by atoms with E-state index in [2.05, 4.69) is 105 Å². The number of hydrogen-bond donors (Lipinski definition) is 0. The molecule has 0 aliphatic heterocycles. The molecule has 0 fully saturated rings. The molecule has 2 aromatic heterocycles. The van der Waals surface area contributed by atoms with Gasteiger partial charge in [-0.1, -0.05) is 84.9 Å². The standard InChI is InChI=1S/C45H25N5/c1-48-40-21-18-32(31-16-19-33(20-17-31)49-41-11-5-4-10-36(41)38-24-29(27-46)14-22-44(38)49)26-37(40)39-25-30(28-47)15-23-45(39)50-42-12-6-2-8-34(42)35-9-3-7-13-43(35)50/h2-26H. The molecule has 9 aromatic rings. The van der Waals surface area contributed by atoms with Crippen molar-refractivity contribution in [1.82, 2.24) is 9.13 Å². The molecule has 0 saturated carbocycles. The molecule has 5 heteroatoms. The summed E-state index contributed by atoms with van der Waals surface area (Å²) < 4.78 is 4.47. The highest BCUT2D eigenvalue weighted by Crippen LogP contribution is 2.42. The van der Waals surface area contributed by atoms with Crippen molar-refractivity contribution in [3.8, 4) is 45.8 Å². The second kappa shape index (κ2) is 11.4. The highest BCUT2D eigenvalue weighted by atomic mass is 15.0. The van der Waals surface area contributed by atoms with Gasteiger partial charge in [0.05, 0.1) is 57.6 Å². The van der Waals surface area contributed by atoms with E-state index in [1.165, 1.54) is 0 Å². The third-order valence-corrected chi connectivity index (χ3v) is 9.61. The van der Waals surface area contributed by atoms with Gasteiger partial charge in [-0.15, -0.1) is 0 Å². The number of nitrogens with zero attached hydrogens (tertiary/aromatic N) is 5. The summed E-state index contributed by atoms with van der Waals surface area (Å²) in [6, 6.07) is 55.5. The van der Waals surface area contributed by atoms with Crippen molar-refractivity contribution in [2.45, 2.75) is 0 Å². The Bertz CT molecular complexity index is 2900. The Morgan fingerprint density at radius 3 is 1.64 bits per heavy atom. The van der Waals surface area contributed by atoms with Gasteiger partial charge in [-0.3, -0.25) is 0 Å². The lowest BCUT2D eigenvalue weighted by Crippen LogP contribution is -1.98. The van der Waals surface area contributed by atoms with Crippen molar-refractivity contribution in [2.24, 2.45) is 0 Å². The summed E-state index contributed by atoms with van der Waals surface area (Å²) >= 11 is 0. The number of benzene rings is 7. The molecule has 7 aromatic carbocycles. The Morgan fingerprint density at radius 2 is 1.00 bits per heavy atom. The molecule has 0 aliphatic carbocycles. The van der Waals surface area contributed by atoms with Crippen molar-refractivity contribution < 1.29 is 0 Å². The molecular weight excluding hydrogens is 611 g/mol. The Kier molecular flexibility index (Phi) is 6.56. The maximum Gasteiger partial charge on any atom is 0.195 e. The van der Waals surface area contributed by atoms with Crippen molar-refractivity contribution >= 4 is 49.3 Å². The Balaban J connectivity index is 1.20. The molecule has 0 saturated heterocycles. The lowest BCUT2D eigenvalue weighted by atomic mass is 9.95. The predicted octanol–water partition coefficient (Wildman–Crippen LogP) is 11.5. The molecule has 0 radical (unpaired) electrons. The summed E-state index contributed by atoms with van der Waals surface area (Å²) in [5.74, 6) is 0. The predicted molar refractivity (Wildman–Crippen MR) is 202 cm³/mol. The van der Waals surface area contributed by atoms with Crippen LogP contribution < -0.4 is 0 Å². The minimum absolute atomic E-state index is 0.518. The molecule has 5 nitrogen and oxygen atoms in total. The van der Waals surface area contributed by atoms with Gasteiger partial charge in [-0.05, 0) is 89.0 Å². The van der Waals surface area contributed by atoms with E-state index >= 15 is 0 Å². The molecule has 0 atom stereocenters. The van der Waals surface area contributed by atoms with Gasteiger partial charge >= 0.3 is 0 Å². The maximum atomic E-state index is 9.96. The fourth-order valence-corrected chi connectivity index (χ4v) is 7.35. The highest BCUT2D eigenvalue weighted by molar-refractivity contribution is 6.11. The number of hydrogen-bond acceptors (Lipinski definition) is 2. The van der Waals surface area contributed by atoms with E-state index < -0.39 is 0 Å². The summed E-state index contributed by atoms with van der Waals surface area (Å²) in [7, 11) is 0. The average Bonchev–Trinajstić information content (AvgIpc) is 3.70. The number of fused-ring (bicyclic) bond motifs is 6. The zero-order chi connectivity index (χ0) is 33.8. The summed E-state index contributed by atoms with van der Waals surface area (Å²) in [4.78, 5) is 3.94. The molecule has 0 bridgehead atoms. The lowest BCUT2D eigenvalue weighted by Gasteiger charge is -2.17. The molecule has 0 amide bonds. The second-order valence-corrected chi connectivity index (χ2v) is 12.3. The first-order chi connectivity index (χ1) is 24.7. The molecule has 0 aliphatic rings. The largest absolute Gasteiger partial charge is 0.309 e. The number of aromatic nitrogens is 2. The summed E-state index contributed by atoms with van der Waals surface area (Å²) in [5.41, 5.74) is 11.4. The zero-order valence-electron chi connectivity index (χ0n) is 26.7. The molecule has 9 rings (SSSR count). The monoisotopic (exact) mass is 635 g/mol. The minimum Gasteiger partial charge on any atom is -0.309 e. The Hall–Kier alpha value is -7.39. The van der Waals surface area contributed by atoms with Gasteiger partial charge < -0.3 is 9.13 Å². The van der Waals surface area contributed by atoms with Crippen LogP contribution in [0.4, 0.5) is 5.69 Å².